The molecule has 0 saturated heterocycles. The van der Waals surface area contributed by atoms with Crippen LogP contribution in [0.25, 0.3) is 0 Å². The molecule has 6 nitrogen and oxygen atoms in total. The third-order valence-corrected chi connectivity index (χ3v) is 3.37. The van der Waals surface area contributed by atoms with Gasteiger partial charge in [0.15, 0.2) is 0 Å². The molecule has 0 radical (unpaired) electrons. The molecule has 2 aromatic heterocycles. The van der Waals surface area contributed by atoms with Crippen LogP contribution in [0.4, 0.5) is 0 Å². The first-order chi connectivity index (χ1) is 10.5. The molecule has 0 spiro atoms. The maximum absolute atomic E-state index is 4.36. The summed E-state index contributed by atoms with van der Waals surface area (Å²) in [6.45, 7) is 7.68. The van der Waals surface area contributed by atoms with E-state index in [0.717, 1.165) is 18.1 Å². The Kier molecular flexibility index (Phi) is 3.75. The van der Waals surface area contributed by atoms with Gasteiger partial charge in [-0.15, -0.1) is 5.10 Å². The fraction of sp³-hybridized carbons (Fsp3) is 0.375. The largest absolute Gasteiger partial charge is 0.248 e. The topological polar surface area (TPSA) is 61.4 Å². The Bertz CT molecular complexity index is 735. The van der Waals surface area contributed by atoms with Crippen LogP contribution in [0, 0.1) is 0 Å². The Balaban J connectivity index is 1.74. The number of benzene rings is 1. The zero-order valence-corrected chi connectivity index (χ0v) is 13.1. The zero-order chi connectivity index (χ0) is 15.6. The second-order valence-corrected chi connectivity index (χ2v) is 6.38. The van der Waals surface area contributed by atoms with Crippen molar-refractivity contribution in [3.8, 4) is 0 Å². The van der Waals surface area contributed by atoms with E-state index in [1.165, 1.54) is 5.56 Å². The highest BCUT2D eigenvalue weighted by molar-refractivity contribution is 5.15. The summed E-state index contributed by atoms with van der Waals surface area (Å²) in [4.78, 5) is 4.36. The normalized spacial score (nSPS) is 11.8. The van der Waals surface area contributed by atoms with Gasteiger partial charge in [0.25, 0.3) is 0 Å². The van der Waals surface area contributed by atoms with Crippen molar-refractivity contribution in [3.05, 3.63) is 59.9 Å². The summed E-state index contributed by atoms with van der Waals surface area (Å²) >= 11 is 0. The minimum atomic E-state index is -0.0451. The summed E-state index contributed by atoms with van der Waals surface area (Å²) in [7, 11) is 0. The molecule has 1 aromatic carbocycles. The molecule has 0 aliphatic carbocycles. The fourth-order valence-electron chi connectivity index (χ4n) is 2.37. The van der Waals surface area contributed by atoms with E-state index in [-0.39, 0.29) is 5.41 Å². The highest BCUT2D eigenvalue weighted by Gasteiger charge is 2.21. The van der Waals surface area contributed by atoms with Crippen molar-refractivity contribution in [2.75, 3.05) is 0 Å². The second-order valence-electron chi connectivity index (χ2n) is 6.38. The number of rotatable bonds is 4. The Labute approximate surface area is 129 Å². The van der Waals surface area contributed by atoms with Crippen molar-refractivity contribution < 1.29 is 0 Å². The fourth-order valence-corrected chi connectivity index (χ4v) is 2.37. The van der Waals surface area contributed by atoms with E-state index in [4.69, 9.17) is 0 Å². The van der Waals surface area contributed by atoms with Gasteiger partial charge in [-0.1, -0.05) is 56.3 Å². The highest BCUT2D eigenvalue weighted by atomic mass is 15.4. The lowest BCUT2D eigenvalue weighted by Crippen LogP contribution is -2.20. The van der Waals surface area contributed by atoms with Gasteiger partial charge in [0.1, 0.15) is 17.8 Å². The molecular weight excluding hydrogens is 276 g/mol. The van der Waals surface area contributed by atoms with Crippen LogP contribution >= 0.6 is 0 Å². The summed E-state index contributed by atoms with van der Waals surface area (Å²) in [5.74, 6) is 0.949. The van der Waals surface area contributed by atoms with Crippen LogP contribution in [0.5, 0.6) is 0 Å². The van der Waals surface area contributed by atoms with Gasteiger partial charge < -0.3 is 0 Å². The standard InChI is InChI=1S/C16H20N6/c1-16(2,3)15-17-12-18-22(15)11-14-10-21(20-19-14)9-13-7-5-4-6-8-13/h4-8,10,12H,9,11H2,1-3H3. The molecule has 3 aromatic rings. The van der Waals surface area contributed by atoms with Crippen LogP contribution in [0.1, 0.15) is 37.9 Å². The molecule has 0 atom stereocenters. The number of aromatic nitrogens is 6. The third kappa shape index (κ3) is 3.21. The average Bonchev–Trinajstić information content (AvgIpc) is 3.09. The van der Waals surface area contributed by atoms with Gasteiger partial charge in [-0.25, -0.2) is 14.3 Å². The Morgan fingerprint density at radius 2 is 1.82 bits per heavy atom. The maximum atomic E-state index is 4.36. The van der Waals surface area contributed by atoms with E-state index in [1.54, 1.807) is 6.33 Å². The first kappa shape index (κ1) is 14.4. The van der Waals surface area contributed by atoms with Gasteiger partial charge in [-0.05, 0) is 5.56 Å². The molecule has 0 aliphatic rings. The minimum Gasteiger partial charge on any atom is -0.248 e. The van der Waals surface area contributed by atoms with E-state index < -0.39 is 0 Å². The van der Waals surface area contributed by atoms with Gasteiger partial charge in [-0.2, -0.15) is 5.10 Å². The molecule has 0 unspecified atom stereocenters. The van der Waals surface area contributed by atoms with E-state index in [1.807, 2.05) is 33.8 Å². The Morgan fingerprint density at radius 3 is 2.55 bits per heavy atom. The van der Waals surface area contributed by atoms with Crippen LogP contribution in [-0.4, -0.2) is 29.8 Å². The minimum absolute atomic E-state index is 0.0451. The van der Waals surface area contributed by atoms with Crippen LogP contribution in [0.2, 0.25) is 0 Å². The molecular formula is C16H20N6. The summed E-state index contributed by atoms with van der Waals surface area (Å²) in [5.41, 5.74) is 2.04. The van der Waals surface area contributed by atoms with Crippen LogP contribution in [-0.2, 0) is 18.5 Å². The van der Waals surface area contributed by atoms with Crippen LogP contribution in [0.3, 0.4) is 0 Å². The van der Waals surface area contributed by atoms with E-state index in [2.05, 4.69) is 53.3 Å². The molecule has 0 fully saturated rings. The van der Waals surface area contributed by atoms with Gasteiger partial charge >= 0.3 is 0 Å². The molecule has 22 heavy (non-hydrogen) atoms. The predicted octanol–water partition coefficient (Wildman–Crippen LogP) is 2.26. The van der Waals surface area contributed by atoms with E-state index >= 15 is 0 Å². The third-order valence-electron chi connectivity index (χ3n) is 3.37. The molecule has 0 bridgehead atoms. The zero-order valence-electron chi connectivity index (χ0n) is 13.1. The monoisotopic (exact) mass is 296 g/mol. The molecule has 2 heterocycles. The van der Waals surface area contributed by atoms with Crippen molar-refractivity contribution >= 4 is 0 Å². The van der Waals surface area contributed by atoms with Crippen molar-refractivity contribution in [3.63, 3.8) is 0 Å². The predicted molar refractivity (Wildman–Crippen MR) is 83.4 cm³/mol. The van der Waals surface area contributed by atoms with Gasteiger partial charge in [0.05, 0.1) is 19.3 Å². The lowest BCUT2D eigenvalue weighted by atomic mass is 9.96. The molecule has 0 saturated carbocycles. The SMILES string of the molecule is CC(C)(C)c1ncnn1Cc1cn(Cc2ccccc2)nn1. The lowest BCUT2D eigenvalue weighted by molar-refractivity contribution is 0.488. The Morgan fingerprint density at radius 1 is 1.05 bits per heavy atom. The summed E-state index contributed by atoms with van der Waals surface area (Å²) in [5, 5.41) is 12.7. The van der Waals surface area contributed by atoms with E-state index in [0.29, 0.717) is 6.54 Å². The van der Waals surface area contributed by atoms with Gasteiger partial charge in [0.2, 0.25) is 0 Å². The smallest absolute Gasteiger partial charge is 0.138 e. The van der Waals surface area contributed by atoms with Crippen molar-refractivity contribution in [2.24, 2.45) is 0 Å². The maximum Gasteiger partial charge on any atom is 0.138 e. The van der Waals surface area contributed by atoms with Crippen molar-refractivity contribution in [2.45, 2.75) is 39.3 Å². The Hall–Kier alpha value is -2.50. The highest BCUT2D eigenvalue weighted by Crippen LogP contribution is 2.19. The van der Waals surface area contributed by atoms with Crippen molar-refractivity contribution in [1.82, 2.24) is 29.8 Å². The summed E-state index contributed by atoms with van der Waals surface area (Å²) < 4.78 is 3.73. The average molecular weight is 296 g/mol. The number of hydrogen-bond donors (Lipinski definition) is 0. The van der Waals surface area contributed by atoms with Crippen LogP contribution in [0.15, 0.2) is 42.9 Å². The molecule has 114 valence electrons. The van der Waals surface area contributed by atoms with Gasteiger partial charge in [-0.3, -0.25) is 0 Å². The van der Waals surface area contributed by atoms with Gasteiger partial charge in [0, 0.05) is 5.41 Å². The first-order valence-electron chi connectivity index (χ1n) is 7.33. The van der Waals surface area contributed by atoms with E-state index in [9.17, 15) is 0 Å². The number of hydrogen-bond acceptors (Lipinski definition) is 4. The summed E-state index contributed by atoms with van der Waals surface area (Å²) in [6.07, 6.45) is 3.55. The quantitative estimate of drug-likeness (QED) is 0.741. The van der Waals surface area contributed by atoms with Crippen molar-refractivity contribution in [1.29, 1.82) is 0 Å². The number of nitrogens with zero attached hydrogens (tertiary/aromatic N) is 6. The molecule has 0 aliphatic heterocycles. The first-order valence-corrected chi connectivity index (χ1v) is 7.33. The molecule has 0 amide bonds. The molecule has 6 heteroatoms. The lowest BCUT2D eigenvalue weighted by Gasteiger charge is -2.17. The molecule has 0 N–H and O–H groups in total. The summed E-state index contributed by atoms with van der Waals surface area (Å²) in [6, 6.07) is 10.2. The molecule has 3 rings (SSSR count). The van der Waals surface area contributed by atoms with Crippen LogP contribution < -0.4 is 0 Å². The second kappa shape index (κ2) is 5.71.